The minimum atomic E-state index is -0.625. The van der Waals surface area contributed by atoms with Crippen molar-refractivity contribution in [1.29, 1.82) is 0 Å². The van der Waals surface area contributed by atoms with Gasteiger partial charge in [0.25, 0.3) is 0 Å². The predicted molar refractivity (Wildman–Crippen MR) is 67.8 cm³/mol. The van der Waals surface area contributed by atoms with Crippen LogP contribution < -0.4 is 5.32 Å². The Labute approximate surface area is 111 Å². The normalized spacial score (nSPS) is 10.4. The molecule has 0 aliphatic rings. The summed E-state index contributed by atoms with van der Waals surface area (Å²) >= 11 is 3.03. The molecule has 0 spiro atoms. The summed E-state index contributed by atoms with van der Waals surface area (Å²) in [6.07, 6.45) is 0. The molecule has 0 atom stereocenters. The number of anilines is 1. The Morgan fingerprint density at radius 1 is 0.944 bits per heavy atom. The molecule has 0 radical (unpaired) electrons. The van der Waals surface area contributed by atoms with Crippen molar-refractivity contribution < 1.29 is 13.2 Å². The van der Waals surface area contributed by atoms with Gasteiger partial charge in [0.1, 0.15) is 17.5 Å². The highest BCUT2D eigenvalue weighted by Crippen LogP contribution is 2.20. The fourth-order valence-corrected chi connectivity index (χ4v) is 1.74. The van der Waals surface area contributed by atoms with Crippen LogP contribution in [0.4, 0.5) is 18.9 Å². The first-order valence-corrected chi connectivity index (χ1v) is 5.99. The fraction of sp³-hybridized carbons (Fsp3) is 0.0769. The lowest BCUT2D eigenvalue weighted by Gasteiger charge is -2.08. The number of benzene rings is 2. The average Bonchev–Trinajstić information content (AvgIpc) is 2.33. The van der Waals surface area contributed by atoms with Crippen molar-refractivity contribution in [3.8, 4) is 0 Å². The summed E-state index contributed by atoms with van der Waals surface area (Å²) in [6.45, 7) is -0.0421. The maximum Gasteiger partial charge on any atom is 0.139 e. The van der Waals surface area contributed by atoms with E-state index in [0.29, 0.717) is 10.2 Å². The zero-order chi connectivity index (χ0) is 13.1. The second-order valence-corrected chi connectivity index (χ2v) is 4.54. The Hall–Kier alpha value is -1.49. The van der Waals surface area contributed by atoms with E-state index in [1.165, 1.54) is 30.3 Å². The van der Waals surface area contributed by atoms with E-state index < -0.39 is 17.5 Å². The van der Waals surface area contributed by atoms with Crippen molar-refractivity contribution in [3.05, 3.63) is 63.9 Å². The summed E-state index contributed by atoms with van der Waals surface area (Å²) in [7, 11) is 0. The van der Waals surface area contributed by atoms with Crippen LogP contribution in [0.2, 0.25) is 0 Å². The lowest BCUT2D eigenvalue weighted by molar-refractivity contribution is 0.560. The fourth-order valence-electron chi connectivity index (χ4n) is 1.50. The number of halogens is 4. The minimum absolute atomic E-state index is 0.0421. The molecule has 0 unspecified atom stereocenters. The van der Waals surface area contributed by atoms with Crippen molar-refractivity contribution in [1.82, 2.24) is 0 Å². The van der Waals surface area contributed by atoms with Crippen LogP contribution in [-0.2, 0) is 6.54 Å². The van der Waals surface area contributed by atoms with Gasteiger partial charge in [-0.25, -0.2) is 13.2 Å². The predicted octanol–water partition coefficient (Wildman–Crippen LogP) is 4.48. The quantitative estimate of drug-likeness (QED) is 0.880. The van der Waals surface area contributed by atoms with Gasteiger partial charge in [-0.2, -0.15) is 0 Å². The van der Waals surface area contributed by atoms with Crippen molar-refractivity contribution in [2.45, 2.75) is 6.54 Å². The van der Waals surface area contributed by atoms with Crippen LogP contribution >= 0.6 is 15.9 Å². The Morgan fingerprint density at radius 3 is 2.22 bits per heavy atom. The highest BCUT2D eigenvalue weighted by atomic mass is 79.9. The topological polar surface area (TPSA) is 12.0 Å². The molecular formula is C13H9BrF3N. The van der Waals surface area contributed by atoms with Gasteiger partial charge in [0, 0.05) is 17.8 Å². The molecule has 0 bridgehead atoms. The highest BCUT2D eigenvalue weighted by Gasteiger charge is 2.08. The van der Waals surface area contributed by atoms with E-state index >= 15 is 0 Å². The molecule has 1 nitrogen and oxygen atoms in total. The van der Waals surface area contributed by atoms with Gasteiger partial charge >= 0.3 is 0 Å². The third kappa shape index (κ3) is 2.85. The molecule has 0 amide bonds. The summed E-state index contributed by atoms with van der Waals surface area (Å²) in [4.78, 5) is 0. The largest absolute Gasteiger partial charge is 0.381 e. The van der Waals surface area contributed by atoms with Gasteiger partial charge in [-0.1, -0.05) is 6.07 Å². The maximum absolute atomic E-state index is 13.3. The van der Waals surface area contributed by atoms with Gasteiger partial charge in [-0.3, -0.25) is 0 Å². The maximum atomic E-state index is 13.3. The van der Waals surface area contributed by atoms with E-state index in [1.54, 1.807) is 6.07 Å². The zero-order valence-electron chi connectivity index (χ0n) is 9.18. The van der Waals surface area contributed by atoms with Crippen molar-refractivity contribution in [2.75, 3.05) is 5.32 Å². The van der Waals surface area contributed by atoms with Gasteiger partial charge in [0.15, 0.2) is 0 Å². The summed E-state index contributed by atoms with van der Waals surface area (Å²) in [5.41, 5.74) is 0.388. The molecule has 5 heteroatoms. The monoisotopic (exact) mass is 315 g/mol. The van der Waals surface area contributed by atoms with Crippen LogP contribution in [0, 0.1) is 17.5 Å². The van der Waals surface area contributed by atoms with Crippen LogP contribution in [0.15, 0.2) is 40.9 Å². The molecule has 0 fully saturated rings. The van der Waals surface area contributed by atoms with Crippen LogP contribution in [-0.4, -0.2) is 0 Å². The van der Waals surface area contributed by atoms with Crippen molar-refractivity contribution in [2.24, 2.45) is 0 Å². The highest BCUT2D eigenvalue weighted by molar-refractivity contribution is 9.10. The number of hydrogen-bond acceptors (Lipinski definition) is 1. The van der Waals surface area contributed by atoms with Crippen molar-refractivity contribution in [3.63, 3.8) is 0 Å². The van der Waals surface area contributed by atoms with E-state index in [2.05, 4.69) is 21.2 Å². The molecule has 0 saturated carbocycles. The van der Waals surface area contributed by atoms with E-state index in [1.807, 2.05) is 0 Å². The van der Waals surface area contributed by atoms with Crippen LogP contribution in [0.5, 0.6) is 0 Å². The van der Waals surface area contributed by atoms with Gasteiger partial charge in [-0.15, -0.1) is 0 Å². The standard InChI is InChI=1S/C13H9BrF3N/c14-10-5-4-8(6-13(10)17)18-7-9-11(15)2-1-3-12(9)16/h1-6,18H,7H2. The summed E-state index contributed by atoms with van der Waals surface area (Å²) < 4.78 is 40.2. The molecule has 1 N–H and O–H groups in total. The summed E-state index contributed by atoms with van der Waals surface area (Å²) in [6, 6.07) is 8.06. The molecule has 0 saturated heterocycles. The lowest BCUT2D eigenvalue weighted by atomic mass is 10.2. The zero-order valence-corrected chi connectivity index (χ0v) is 10.8. The van der Waals surface area contributed by atoms with Crippen LogP contribution in [0.3, 0.4) is 0 Å². The van der Waals surface area contributed by atoms with Gasteiger partial charge in [0.05, 0.1) is 4.47 Å². The Kier molecular flexibility index (Phi) is 3.91. The number of hydrogen-bond donors (Lipinski definition) is 1. The van der Waals surface area contributed by atoms with Gasteiger partial charge in [-0.05, 0) is 46.3 Å². The SMILES string of the molecule is Fc1cc(NCc2c(F)cccc2F)ccc1Br. The lowest BCUT2D eigenvalue weighted by Crippen LogP contribution is -2.04. The second kappa shape index (κ2) is 5.44. The average molecular weight is 316 g/mol. The number of nitrogens with one attached hydrogen (secondary N) is 1. The van der Waals surface area contributed by atoms with Gasteiger partial charge < -0.3 is 5.32 Å². The Morgan fingerprint density at radius 2 is 1.61 bits per heavy atom. The molecule has 2 aromatic rings. The molecule has 94 valence electrons. The molecule has 2 aromatic carbocycles. The van der Waals surface area contributed by atoms with Gasteiger partial charge in [0.2, 0.25) is 0 Å². The van der Waals surface area contributed by atoms with E-state index in [0.717, 1.165) is 0 Å². The van der Waals surface area contributed by atoms with E-state index in [-0.39, 0.29) is 12.1 Å². The second-order valence-electron chi connectivity index (χ2n) is 3.68. The first kappa shape index (κ1) is 13.0. The molecule has 2 rings (SSSR count). The summed E-state index contributed by atoms with van der Waals surface area (Å²) in [5.74, 6) is -1.69. The molecular weight excluding hydrogens is 307 g/mol. The molecule has 18 heavy (non-hydrogen) atoms. The third-order valence-electron chi connectivity index (χ3n) is 2.45. The molecule has 0 aliphatic heterocycles. The first-order chi connectivity index (χ1) is 8.58. The molecule has 0 heterocycles. The summed E-state index contributed by atoms with van der Waals surface area (Å²) in [5, 5.41) is 2.77. The molecule has 0 aromatic heterocycles. The smallest absolute Gasteiger partial charge is 0.139 e. The minimum Gasteiger partial charge on any atom is -0.381 e. The molecule has 0 aliphatic carbocycles. The van der Waals surface area contributed by atoms with Crippen LogP contribution in [0.25, 0.3) is 0 Å². The first-order valence-electron chi connectivity index (χ1n) is 5.20. The Bertz CT molecular complexity index is 552. The van der Waals surface area contributed by atoms with Crippen LogP contribution in [0.1, 0.15) is 5.56 Å². The Balaban J connectivity index is 2.14. The van der Waals surface area contributed by atoms with E-state index in [4.69, 9.17) is 0 Å². The third-order valence-corrected chi connectivity index (χ3v) is 3.09. The van der Waals surface area contributed by atoms with Crippen molar-refractivity contribution >= 4 is 21.6 Å². The number of rotatable bonds is 3. The van der Waals surface area contributed by atoms with E-state index in [9.17, 15) is 13.2 Å².